The summed E-state index contributed by atoms with van der Waals surface area (Å²) in [4.78, 5) is 4.32. The maximum atomic E-state index is 4.32. The van der Waals surface area contributed by atoms with Crippen LogP contribution in [0.5, 0.6) is 0 Å². The Morgan fingerprint density at radius 3 is 3.14 bits per heavy atom. The third kappa shape index (κ3) is 2.02. The molecule has 14 heavy (non-hydrogen) atoms. The smallest absolute Gasteiger partial charge is 0.0699 e. The summed E-state index contributed by atoms with van der Waals surface area (Å²) in [6.45, 7) is 2.17. The number of nitrogens with one attached hydrogen (secondary N) is 1. The molecule has 1 N–H and O–H groups in total. The Labute approximate surface area is 84.4 Å². The Morgan fingerprint density at radius 2 is 2.36 bits per heavy atom. The van der Waals surface area contributed by atoms with E-state index in [1.165, 1.54) is 5.57 Å². The van der Waals surface area contributed by atoms with E-state index in [1.54, 1.807) is 0 Å². The first-order chi connectivity index (χ1) is 6.86. The molecule has 0 radical (unpaired) electrons. The van der Waals surface area contributed by atoms with Crippen molar-refractivity contribution in [3.8, 4) is 0 Å². The van der Waals surface area contributed by atoms with Crippen molar-refractivity contribution in [3.63, 3.8) is 0 Å². The van der Waals surface area contributed by atoms with E-state index in [4.69, 9.17) is 0 Å². The topological polar surface area (TPSA) is 24.9 Å². The molecule has 0 saturated carbocycles. The normalized spacial score (nSPS) is 20.9. The lowest BCUT2D eigenvalue weighted by molar-refractivity contribution is 0.653. The van der Waals surface area contributed by atoms with Crippen molar-refractivity contribution < 1.29 is 0 Å². The minimum atomic E-state index is 0.507. The van der Waals surface area contributed by atoms with Crippen LogP contribution in [0.25, 0.3) is 5.57 Å². The number of nitrogens with zero attached hydrogens (tertiary/aromatic N) is 1. The zero-order chi connectivity index (χ0) is 9.80. The molecule has 0 amide bonds. The van der Waals surface area contributed by atoms with E-state index < -0.39 is 0 Å². The van der Waals surface area contributed by atoms with Crippen molar-refractivity contribution in [3.05, 3.63) is 48.4 Å². The quantitative estimate of drug-likeness (QED) is 0.728. The zero-order valence-electron chi connectivity index (χ0n) is 8.27. The van der Waals surface area contributed by atoms with Crippen LogP contribution >= 0.6 is 0 Å². The van der Waals surface area contributed by atoms with Crippen LogP contribution in [0.3, 0.4) is 0 Å². The summed E-state index contributed by atoms with van der Waals surface area (Å²) in [5.41, 5.74) is 2.24. The van der Waals surface area contributed by atoms with Gasteiger partial charge in [-0.05, 0) is 43.3 Å². The van der Waals surface area contributed by atoms with Gasteiger partial charge in [-0.3, -0.25) is 4.98 Å². The standard InChI is InChI=1S/C12H14N2/c1-10-5-6-11(7-9-13-10)12-4-2-3-8-14-12/h2-4,6-10,13H,5H2,1H3. The monoisotopic (exact) mass is 186 g/mol. The van der Waals surface area contributed by atoms with Crippen LogP contribution in [0, 0.1) is 0 Å². The maximum absolute atomic E-state index is 4.32. The third-order valence-electron chi connectivity index (χ3n) is 2.30. The van der Waals surface area contributed by atoms with Crippen molar-refractivity contribution in [1.29, 1.82) is 0 Å². The molecule has 0 aromatic carbocycles. The highest BCUT2D eigenvalue weighted by atomic mass is 14.9. The molecule has 2 heterocycles. The van der Waals surface area contributed by atoms with Gasteiger partial charge in [0.05, 0.1) is 5.69 Å². The lowest BCUT2D eigenvalue weighted by Crippen LogP contribution is -2.17. The van der Waals surface area contributed by atoms with Gasteiger partial charge in [-0.25, -0.2) is 0 Å². The van der Waals surface area contributed by atoms with Crippen molar-refractivity contribution >= 4 is 5.57 Å². The van der Waals surface area contributed by atoms with E-state index in [2.05, 4.69) is 29.4 Å². The summed E-state index contributed by atoms with van der Waals surface area (Å²) in [5, 5.41) is 3.28. The predicted molar refractivity (Wildman–Crippen MR) is 58.6 cm³/mol. The van der Waals surface area contributed by atoms with Gasteiger partial charge in [-0.2, -0.15) is 0 Å². The number of aromatic nitrogens is 1. The molecule has 1 atom stereocenters. The first-order valence-corrected chi connectivity index (χ1v) is 4.90. The highest BCUT2D eigenvalue weighted by Crippen LogP contribution is 2.16. The van der Waals surface area contributed by atoms with Crippen LogP contribution in [0.15, 0.2) is 42.7 Å². The van der Waals surface area contributed by atoms with E-state index in [9.17, 15) is 0 Å². The molecule has 2 nitrogen and oxygen atoms in total. The van der Waals surface area contributed by atoms with Gasteiger partial charge in [0.25, 0.3) is 0 Å². The Morgan fingerprint density at radius 1 is 1.43 bits per heavy atom. The number of hydrogen-bond donors (Lipinski definition) is 1. The molecule has 2 rings (SSSR count). The molecular weight excluding hydrogens is 172 g/mol. The first-order valence-electron chi connectivity index (χ1n) is 4.90. The van der Waals surface area contributed by atoms with E-state index in [1.807, 2.05) is 30.6 Å². The minimum Gasteiger partial charge on any atom is -0.388 e. The van der Waals surface area contributed by atoms with Crippen LogP contribution in [0.4, 0.5) is 0 Å². The summed E-state index contributed by atoms with van der Waals surface area (Å²) in [6, 6.07) is 6.49. The van der Waals surface area contributed by atoms with E-state index in [-0.39, 0.29) is 0 Å². The molecule has 0 bridgehead atoms. The Kier molecular flexibility index (Phi) is 2.63. The Bertz CT molecular complexity index is 352. The lowest BCUT2D eigenvalue weighted by Gasteiger charge is -2.05. The number of pyridine rings is 1. The highest BCUT2D eigenvalue weighted by Gasteiger charge is 2.04. The lowest BCUT2D eigenvalue weighted by atomic mass is 10.1. The van der Waals surface area contributed by atoms with Gasteiger partial charge in [0.15, 0.2) is 0 Å². The third-order valence-corrected chi connectivity index (χ3v) is 2.30. The second kappa shape index (κ2) is 4.09. The fraction of sp³-hybridized carbons (Fsp3) is 0.250. The number of hydrogen-bond acceptors (Lipinski definition) is 2. The summed E-state index contributed by atoms with van der Waals surface area (Å²) >= 11 is 0. The van der Waals surface area contributed by atoms with Crippen LogP contribution in [0.1, 0.15) is 19.0 Å². The molecule has 0 fully saturated rings. The SMILES string of the molecule is CC1CC=C(c2ccccn2)C=CN1. The number of rotatable bonds is 1. The molecule has 2 heteroatoms. The first kappa shape index (κ1) is 9.00. The van der Waals surface area contributed by atoms with E-state index >= 15 is 0 Å². The molecule has 1 aliphatic heterocycles. The maximum Gasteiger partial charge on any atom is 0.0699 e. The van der Waals surface area contributed by atoms with Crippen molar-refractivity contribution in [2.24, 2.45) is 0 Å². The molecule has 0 aliphatic carbocycles. The van der Waals surface area contributed by atoms with Crippen LogP contribution in [0.2, 0.25) is 0 Å². The average molecular weight is 186 g/mol. The molecule has 1 unspecified atom stereocenters. The average Bonchev–Trinajstić information content (AvgIpc) is 2.44. The van der Waals surface area contributed by atoms with Crippen LogP contribution in [-0.4, -0.2) is 11.0 Å². The van der Waals surface area contributed by atoms with E-state index in [0.29, 0.717) is 6.04 Å². The Balaban J connectivity index is 2.26. The molecule has 0 spiro atoms. The summed E-state index contributed by atoms with van der Waals surface area (Å²) in [7, 11) is 0. The fourth-order valence-electron chi connectivity index (χ4n) is 1.47. The van der Waals surface area contributed by atoms with Gasteiger partial charge in [0.2, 0.25) is 0 Å². The predicted octanol–water partition coefficient (Wildman–Crippen LogP) is 2.36. The minimum absolute atomic E-state index is 0.507. The van der Waals surface area contributed by atoms with Gasteiger partial charge in [-0.15, -0.1) is 0 Å². The van der Waals surface area contributed by atoms with Crippen LogP contribution < -0.4 is 5.32 Å². The van der Waals surface area contributed by atoms with Crippen LogP contribution in [-0.2, 0) is 0 Å². The Hall–Kier alpha value is -1.57. The van der Waals surface area contributed by atoms with Crippen molar-refractivity contribution in [2.75, 3.05) is 0 Å². The van der Waals surface area contributed by atoms with Gasteiger partial charge >= 0.3 is 0 Å². The molecule has 1 aromatic heterocycles. The summed E-state index contributed by atoms with van der Waals surface area (Å²) < 4.78 is 0. The second-order valence-electron chi connectivity index (χ2n) is 3.51. The van der Waals surface area contributed by atoms with Gasteiger partial charge < -0.3 is 5.32 Å². The summed E-state index contributed by atoms with van der Waals surface area (Å²) in [6.07, 6.45) is 9.16. The van der Waals surface area contributed by atoms with E-state index in [0.717, 1.165) is 12.1 Å². The molecule has 0 saturated heterocycles. The second-order valence-corrected chi connectivity index (χ2v) is 3.51. The molecule has 1 aromatic rings. The fourth-order valence-corrected chi connectivity index (χ4v) is 1.47. The zero-order valence-corrected chi connectivity index (χ0v) is 8.27. The molecule has 72 valence electrons. The molecular formula is C12H14N2. The largest absolute Gasteiger partial charge is 0.388 e. The van der Waals surface area contributed by atoms with Gasteiger partial charge in [0.1, 0.15) is 0 Å². The van der Waals surface area contributed by atoms with Crippen molar-refractivity contribution in [2.45, 2.75) is 19.4 Å². The molecule has 1 aliphatic rings. The van der Waals surface area contributed by atoms with Gasteiger partial charge in [-0.1, -0.05) is 12.1 Å². The van der Waals surface area contributed by atoms with Gasteiger partial charge in [0, 0.05) is 12.2 Å². The number of allylic oxidation sites excluding steroid dienone is 2. The highest BCUT2D eigenvalue weighted by molar-refractivity contribution is 5.71. The summed E-state index contributed by atoms with van der Waals surface area (Å²) in [5.74, 6) is 0. The van der Waals surface area contributed by atoms with Crippen molar-refractivity contribution in [1.82, 2.24) is 10.3 Å².